The molecule has 6 heteroatoms. The summed E-state index contributed by atoms with van der Waals surface area (Å²) in [6.07, 6.45) is 0.821. The van der Waals surface area contributed by atoms with Gasteiger partial charge < -0.3 is 19.9 Å². The molecule has 17 heavy (non-hydrogen) atoms. The fraction of sp³-hybridized carbons (Fsp3) is 0.818. The number of alkyl carbamates (subject to hydrolysis) is 1. The molecule has 0 unspecified atom stereocenters. The number of aliphatic carboxylic acids is 1. The number of hydrogen-bond acceptors (Lipinski definition) is 4. The molecule has 0 bridgehead atoms. The number of hydrogen-bond donors (Lipinski definition) is 2. The van der Waals surface area contributed by atoms with Crippen LogP contribution in [0.4, 0.5) is 4.79 Å². The lowest BCUT2D eigenvalue weighted by Crippen LogP contribution is -2.52. The number of nitrogens with one attached hydrogen (secondary N) is 1. The molecule has 2 N–H and O–H groups in total. The van der Waals surface area contributed by atoms with Gasteiger partial charge in [0.05, 0.1) is 12.1 Å². The molecule has 0 spiro atoms. The van der Waals surface area contributed by atoms with Crippen molar-refractivity contribution in [3.05, 3.63) is 0 Å². The van der Waals surface area contributed by atoms with E-state index in [1.165, 1.54) is 0 Å². The minimum atomic E-state index is -1.01. The van der Waals surface area contributed by atoms with Crippen molar-refractivity contribution in [2.75, 3.05) is 6.61 Å². The van der Waals surface area contributed by atoms with Crippen molar-refractivity contribution in [1.29, 1.82) is 0 Å². The standard InChI is InChI=1S/C11H19NO5/c1-11(2,3)17-10(15)12-7-4-5-8(7)16-6-9(13)14/h7-8H,4-6H2,1-3H3,(H,12,15)(H,13,14)/t7-,8-/m0/s1. The van der Waals surface area contributed by atoms with Crippen LogP contribution in [0, 0.1) is 0 Å². The number of rotatable bonds is 4. The molecule has 0 aromatic heterocycles. The van der Waals surface area contributed by atoms with Gasteiger partial charge in [-0.3, -0.25) is 0 Å². The van der Waals surface area contributed by atoms with E-state index in [0.717, 1.165) is 12.8 Å². The van der Waals surface area contributed by atoms with Crippen LogP contribution in [0.15, 0.2) is 0 Å². The maximum atomic E-state index is 11.4. The van der Waals surface area contributed by atoms with E-state index >= 15 is 0 Å². The van der Waals surface area contributed by atoms with Crippen LogP contribution in [0.3, 0.4) is 0 Å². The fourth-order valence-corrected chi connectivity index (χ4v) is 1.47. The minimum absolute atomic E-state index is 0.149. The van der Waals surface area contributed by atoms with Gasteiger partial charge in [-0.1, -0.05) is 0 Å². The van der Waals surface area contributed by atoms with Crippen LogP contribution in [-0.2, 0) is 14.3 Å². The second-order valence-corrected chi connectivity index (χ2v) is 5.07. The smallest absolute Gasteiger partial charge is 0.407 e. The molecule has 6 nitrogen and oxygen atoms in total. The molecule has 0 saturated heterocycles. The zero-order valence-electron chi connectivity index (χ0n) is 10.4. The third-order valence-electron chi connectivity index (χ3n) is 2.33. The summed E-state index contributed by atoms with van der Waals surface area (Å²) >= 11 is 0. The van der Waals surface area contributed by atoms with Crippen molar-refractivity contribution in [2.24, 2.45) is 0 Å². The molecular weight excluding hydrogens is 226 g/mol. The first-order chi connectivity index (χ1) is 7.78. The molecule has 0 heterocycles. The van der Waals surface area contributed by atoms with Crippen LogP contribution in [0.5, 0.6) is 0 Å². The highest BCUT2D eigenvalue weighted by Crippen LogP contribution is 2.23. The Labute approximate surface area is 100 Å². The zero-order valence-corrected chi connectivity index (χ0v) is 10.4. The molecule has 1 fully saturated rings. The fourth-order valence-electron chi connectivity index (χ4n) is 1.47. The summed E-state index contributed by atoms with van der Waals surface area (Å²) in [7, 11) is 0. The third-order valence-corrected chi connectivity index (χ3v) is 2.33. The molecule has 1 rings (SSSR count). The SMILES string of the molecule is CC(C)(C)OC(=O)N[C@H]1CC[C@@H]1OCC(=O)O. The lowest BCUT2D eigenvalue weighted by Gasteiger charge is -2.36. The molecule has 1 amide bonds. The minimum Gasteiger partial charge on any atom is -0.480 e. The summed E-state index contributed by atoms with van der Waals surface area (Å²) in [6, 6.07) is -0.149. The number of amides is 1. The average Bonchev–Trinajstić information content (AvgIpc) is 2.09. The molecule has 0 aromatic carbocycles. The number of carbonyl (C=O) groups is 2. The predicted octanol–water partition coefficient (Wildman–Crippen LogP) is 1.14. The average molecular weight is 245 g/mol. The second kappa shape index (κ2) is 5.35. The van der Waals surface area contributed by atoms with Gasteiger partial charge in [0.2, 0.25) is 0 Å². The van der Waals surface area contributed by atoms with E-state index < -0.39 is 17.7 Å². The van der Waals surface area contributed by atoms with E-state index in [1.54, 1.807) is 20.8 Å². The molecule has 1 aliphatic carbocycles. The lowest BCUT2D eigenvalue weighted by molar-refractivity contribution is -0.147. The number of carboxylic acid groups (broad SMARTS) is 1. The Morgan fingerprint density at radius 1 is 1.35 bits per heavy atom. The molecule has 1 saturated carbocycles. The van der Waals surface area contributed by atoms with E-state index in [4.69, 9.17) is 14.6 Å². The van der Waals surface area contributed by atoms with Gasteiger partial charge in [-0.25, -0.2) is 9.59 Å². The Hall–Kier alpha value is -1.30. The highest BCUT2D eigenvalue weighted by Gasteiger charge is 2.34. The first-order valence-electron chi connectivity index (χ1n) is 5.61. The van der Waals surface area contributed by atoms with Gasteiger partial charge in [-0.05, 0) is 33.6 Å². The molecule has 0 radical (unpaired) electrons. The normalized spacial score (nSPS) is 23.7. The lowest BCUT2D eigenvalue weighted by atomic mass is 9.89. The van der Waals surface area contributed by atoms with Crippen LogP contribution in [0.25, 0.3) is 0 Å². The Bertz CT molecular complexity index is 297. The maximum absolute atomic E-state index is 11.4. The van der Waals surface area contributed by atoms with Gasteiger partial charge in [0, 0.05) is 0 Å². The summed E-state index contributed by atoms with van der Waals surface area (Å²) in [5, 5.41) is 11.1. The largest absolute Gasteiger partial charge is 0.480 e. The van der Waals surface area contributed by atoms with E-state index in [0.29, 0.717) is 0 Å². The van der Waals surface area contributed by atoms with Gasteiger partial charge in [0.15, 0.2) is 0 Å². The second-order valence-electron chi connectivity index (χ2n) is 5.07. The Kier molecular flexibility index (Phi) is 4.34. The molecule has 98 valence electrons. The first-order valence-corrected chi connectivity index (χ1v) is 5.61. The van der Waals surface area contributed by atoms with Gasteiger partial charge >= 0.3 is 12.1 Å². The first kappa shape index (κ1) is 13.8. The van der Waals surface area contributed by atoms with Crippen LogP contribution in [-0.4, -0.2) is 41.5 Å². The number of ether oxygens (including phenoxy) is 2. The Morgan fingerprint density at radius 3 is 2.41 bits per heavy atom. The van der Waals surface area contributed by atoms with Gasteiger partial charge in [-0.15, -0.1) is 0 Å². The molecule has 0 aliphatic heterocycles. The summed E-state index contributed by atoms with van der Waals surface area (Å²) in [5.41, 5.74) is -0.536. The zero-order chi connectivity index (χ0) is 13.1. The summed E-state index contributed by atoms with van der Waals surface area (Å²) < 4.78 is 10.2. The van der Waals surface area contributed by atoms with Crippen molar-refractivity contribution in [1.82, 2.24) is 5.32 Å². The van der Waals surface area contributed by atoms with E-state index in [-0.39, 0.29) is 18.8 Å². The maximum Gasteiger partial charge on any atom is 0.407 e. The predicted molar refractivity (Wildman–Crippen MR) is 59.8 cm³/mol. The highest BCUT2D eigenvalue weighted by molar-refractivity contribution is 5.69. The van der Waals surface area contributed by atoms with E-state index in [2.05, 4.69) is 5.32 Å². The van der Waals surface area contributed by atoms with Crippen molar-refractivity contribution >= 4 is 12.1 Å². The third kappa shape index (κ3) is 5.04. The molecule has 0 aromatic rings. The van der Waals surface area contributed by atoms with Gasteiger partial charge in [0.1, 0.15) is 12.2 Å². The summed E-state index contributed by atoms with van der Waals surface area (Å²) in [6.45, 7) is 5.01. The van der Waals surface area contributed by atoms with E-state index in [1.807, 2.05) is 0 Å². The van der Waals surface area contributed by atoms with Crippen LogP contribution >= 0.6 is 0 Å². The summed E-state index contributed by atoms with van der Waals surface area (Å²) in [4.78, 5) is 21.8. The van der Waals surface area contributed by atoms with E-state index in [9.17, 15) is 9.59 Å². The number of carbonyl (C=O) groups excluding carboxylic acids is 1. The summed E-state index contributed by atoms with van der Waals surface area (Å²) in [5.74, 6) is -1.01. The molecule has 2 atom stereocenters. The topological polar surface area (TPSA) is 84.9 Å². The molecular formula is C11H19NO5. The highest BCUT2D eigenvalue weighted by atomic mass is 16.6. The Morgan fingerprint density at radius 2 is 2.00 bits per heavy atom. The van der Waals surface area contributed by atoms with Crippen molar-refractivity contribution < 1.29 is 24.2 Å². The van der Waals surface area contributed by atoms with Gasteiger partial charge in [-0.2, -0.15) is 0 Å². The van der Waals surface area contributed by atoms with Crippen LogP contribution in [0.1, 0.15) is 33.6 Å². The number of carboxylic acids is 1. The molecule has 1 aliphatic rings. The van der Waals surface area contributed by atoms with Crippen LogP contribution in [0.2, 0.25) is 0 Å². The van der Waals surface area contributed by atoms with Crippen molar-refractivity contribution in [3.63, 3.8) is 0 Å². The van der Waals surface area contributed by atoms with Crippen molar-refractivity contribution in [2.45, 2.75) is 51.4 Å². The monoisotopic (exact) mass is 245 g/mol. The van der Waals surface area contributed by atoms with Crippen molar-refractivity contribution in [3.8, 4) is 0 Å². The quantitative estimate of drug-likeness (QED) is 0.776. The Balaban J connectivity index is 2.27. The van der Waals surface area contributed by atoms with Crippen LogP contribution < -0.4 is 5.32 Å². The van der Waals surface area contributed by atoms with Gasteiger partial charge in [0.25, 0.3) is 0 Å².